The van der Waals surface area contributed by atoms with E-state index in [1.54, 1.807) is 0 Å². The van der Waals surface area contributed by atoms with Crippen LogP contribution in [0.4, 0.5) is 0 Å². The Morgan fingerprint density at radius 1 is 1.44 bits per heavy atom. The second-order valence-corrected chi connectivity index (χ2v) is 5.05. The van der Waals surface area contributed by atoms with E-state index in [2.05, 4.69) is 25.7 Å². The normalized spacial score (nSPS) is 25.6. The molecule has 0 aromatic rings. The summed E-state index contributed by atoms with van der Waals surface area (Å²) in [7, 11) is 0. The van der Waals surface area contributed by atoms with Crippen molar-refractivity contribution >= 4 is 5.97 Å². The Morgan fingerprint density at radius 3 is 2.62 bits per heavy atom. The van der Waals surface area contributed by atoms with E-state index in [9.17, 15) is 9.90 Å². The zero-order valence-corrected chi connectivity index (χ0v) is 10.8. The molecule has 0 radical (unpaired) electrons. The van der Waals surface area contributed by atoms with Crippen LogP contribution in [0.25, 0.3) is 0 Å². The maximum atomic E-state index is 11.1. The van der Waals surface area contributed by atoms with E-state index >= 15 is 0 Å². The average molecular weight is 227 g/mol. The van der Waals surface area contributed by atoms with Crippen molar-refractivity contribution in [2.45, 2.75) is 65.0 Å². The molecule has 1 heterocycles. The summed E-state index contributed by atoms with van der Waals surface area (Å²) in [6.07, 6.45) is 5.24. The Morgan fingerprint density at radius 2 is 2.12 bits per heavy atom. The fourth-order valence-corrected chi connectivity index (χ4v) is 2.66. The predicted octanol–water partition coefficient (Wildman–Crippen LogP) is 2.75. The summed E-state index contributed by atoms with van der Waals surface area (Å²) in [6, 6.07) is 0.229. The number of hydrogen-bond donors (Lipinski definition) is 1. The summed E-state index contributed by atoms with van der Waals surface area (Å²) >= 11 is 0. The highest BCUT2D eigenvalue weighted by molar-refractivity contribution is 5.73. The predicted molar refractivity (Wildman–Crippen MR) is 65.5 cm³/mol. The van der Waals surface area contributed by atoms with Crippen molar-refractivity contribution in [3.63, 3.8) is 0 Å². The van der Waals surface area contributed by atoms with Gasteiger partial charge in [0.25, 0.3) is 0 Å². The lowest BCUT2D eigenvalue weighted by atomic mass is 9.96. The van der Waals surface area contributed by atoms with Gasteiger partial charge in [-0.05, 0) is 38.1 Å². The van der Waals surface area contributed by atoms with Crippen LogP contribution in [0.3, 0.4) is 0 Å². The van der Waals surface area contributed by atoms with Gasteiger partial charge >= 0.3 is 5.97 Å². The minimum absolute atomic E-state index is 0.228. The quantitative estimate of drug-likeness (QED) is 0.758. The molecule has 1 N–H and O–H groups in total. The molecule has 16 heavy (non-hydrogen) atoms. The maximum Gasteiger partial charge on any atom is 0.320 e. The molecule has 0 aromatic heterocycles. The van der Waals surface area contributed by atoms with Crippen LogP contribution in [0.15, 0.2) is 0 Å². The Labute approximate surface area is 98.8 Å². The van der Waals surface area contributed by atoms with Crippen molar-refractivity contribution in [3.8, 4) is 0 Å². The van der Waals surface area contributed by atoms with Gasteiger partial charge in [0, 0.05) is 6.04 Å². The average Bonchev–Trinajstić information content (AvgIpc) is 2.74. The number of rotatable bonds is 6. The maximum absolute atomic E-state index is 11.1. The summed E-state index contributed by atoms with van der Waals surface area (Å²) in [5.41, 5.74) is 0. The van der Waals surface area contributed by atoms with Crippen molar-refractivity contribution in [1.29, 1.82) is 0 Å². The van der Waals surface area contributed by atoms with Gasteiger partial charge in [0.05, 0.1) is 0 Å². The van der Waals surface area contributed by atoms with Crippen LogP contribution in [0.2, 0.25) is 0 Å². The lowest BCUT2D eigenvalue weighted by Gasteiger charge is -2.32. The van der Waals surface area contributed by atoms with Crippen LogP contribution in [0.5, 0.6) is 0 Å². The van der Waals surface area contributed by atoms with E-state index in [4.69, 9.17) is 0 Å². The Kier molecular flexibility index (Phi) is 5.26. The lowest BCUT2D eigenvalue weighted by molar-refractivity contribution is -0.143. The molecule has 94 valence electrons. The number of likely N-dealkylation sites (tertiary alicyclic amines) is 1. The fraction of sp³-hybridized carbons (Fsp3) is 0.923. The van der Waals surface area contributed by atoms with E-state index in [0.29, 0.717) is 12.0 Å². The molecule has 3 unspecified atom stereocenters. The Bertz CT molecular complexity index is 230. The third kappa shape index (κ3) is 3.21. The highest BCUT2D eigenvalue weighted by Crippen LogP contribution is 2.26. The van der Waals surface area contributed by atoms with Crippen LogP contribution in [-0.4, -0.2) is 34.6 Å². The Hall–Kier alpha value is -0.570. The molecule has 1 aliphatic rings. The van der Waals surface area contributed by atoms with Gasteiger partial charge in [0.1, 0.15) is 6.04 Å². The largest absolute Gasteiger partial charge is 0.480 e. The molecule has 1 rings (SSSR count). The van der Waals surface area contributed by atoms with Gasteiger partial charge < -0.3 is 5.11 Å². The smallest absolute Gasteiger partial charge is 0.320 e. The molecule has 0 aliphatic carbocycles. The van der Waals surface area contributed by atoms with Crippen molar-refractivity contribution in [3.05, 3.63) is 0 Å². The summed E-state index contributed by atoms with van der Waals surface area (Å²) < 4.78 is 0. The number of hydrogen-bond acceptors (Lipinski definition) is 2. The zero-order chi connectivity index (χ0) is 12.1. The topological polar surface area (TPSA) is 40.5 Å². The number of carboxylic acids is 1. The summed E-state index contributed by atoms with van der Waals surface area (Å²) in [5, 5.41) is 9.18. The molecule has 0 aromatic carbocycles. The van der Waals surface area contributed by atoms with Crippen LogP contribution < -0.4 is 0 Å². The fourth-order valence-electron chi connectivity index (χ4n) is 2.66. The highest BCUT2D eigenvalue weighted by Gasteiger charge is 2.34. The highest BCUT2D eigenvalue weighted by atomic mass is 16.4. The van der Waals surface area contributed by atoms with E-state index in [0.717, 1.165) is 32.2 Å². The standard InChI is InChI=1S/C13H25NO2/c1-4-10(3)9-11(5-2)14-8-6-7-12(14)13(15)16/h10-12H,4-9H2,1-3H3,(H,15,16). The lowest BCUT2D eigenvalue weighted by Crippen LogP contribution is -2.43. The second-order valence-electron chi connectivity index (χ2n) is 5.05. The molecule has 1 saturated heterocycles. The monoisotopic (exact) mass is 227 g/mol. The third-order valence-corrected chi connectivity index (χ3v) is 3.89. The molecule has 3 atom stereocenters. The van der Waals surface area contributed by atoms with Gasteiger partial charge in [-0.15, -0.1) is 0 Å². The molecule has 1 aliphatic heterocycles. The van der Waals surface area contributed by atoms with Gasteiger partial charge in [0.15, 0.2) is 0 Å². The van der Waals surface area contributed by atoms with Crippen molar-refractivity contribution in [2.24, 2.45) is 5.92 Å². The molecule has 0 saturated carbocycles. The SMILES string of the molecule is CCC(C)CC(CC)N1CCCC1C(=O)O. The van der Waals surface area contributed by atoms with Gasteiger partial charge in [-0.1, -0.05) is 27.2 Å². The summed E-state index contributed by atoms with van der Waals surface area (Å²) in [6.45, 7) is 7.60. The molecular formula is C13H25NO2. The minimum atomic E-state index is -0.639. The first-order chi connectivity index (χ1) is 7.60. The number of aliphatic carboxylic acids is 1. The van der Waals surface area contributed by atoms with Crippen LogP contribution in [0, 0.1) is 5.92 Å². The van der Waals surface area contributed by atoms with Crippen LogP contribution >= 0.6 is 0 Å². The van der Waals surface area contributed by atoms with E-state index < -0.39 is 5.97 Å². The van der Waals surface area contributed by atoms with E-state index in [-0.39, 0.29) is 6.04 Å². The van der Waals surface area contributed by atoms with Crippen LogP contribution in [-0.2, 0) is 4.79 Å². The molecule has 3 heteroatoms. The molecule has 0 amide bonds. The van der Waals surface area contributed by atoms with Gasteiger partial charge in [-0.3, -0.25) is 9.69 Å². The van der Waals surface area contributed by atoms with Crippen LogP contribution in [0.1, 0.15) is 52.9 Å². The Balaban J connectivity index is 2.60. The first-order valence-electron chi connectivity index (χ1n) is 6.58. The van der Waals surface area contributed by atoms with E-state index in [1.165, 1.54) is 6.42 Å². The summed E-state index contributed by atoms with van der Waals surface area (Å²) in [4.78, 5) is 13.4. The first kappa shape index (κ1) is 13.5. The molecule has 1 fully saturated rings. The van der Waals surface area contributed by atoms with Gasteiger partial charge in [-0.2, -0.15) is 0 Å². The van der Waals surface area contributed by atoms with Gasteiger partial charge in [-0.25, -0.2) is 0 Å². The van der Waals surface area contributed by atoms with Crippen molar-refractivity contribution in [1.82, 2.24) is 4.90 Å². The molecule has 3 nitrogen and oxygen atoms in total. The first-order valence-corrected chi connectivity index (χ1v) is 6.58. The van der Waals surface area contributed by atoms with E-state index in [1.807, 2.05) is 0 Å². The number of carboxylic acid groups (broad SMARTS) is 1. The van der Waals surface area contributed by atoms with Crippen molar-refractivity contribution in [2.75, 3.05) is 6.54 Å². The number of nitrogens with zero attached hydrogens (tertiary/aromatic N) is 1. The minimum Gasteiger partial charge on any atom is -0.480 e. The molecule has 0 spiro atoms. The third-order valence-electron chi connectivity index (χ3n) is 3.89. The molecular weight excluding hydrogens is 202 g/mol. The van der Waals surface area contributed by atoms with Crippen molar-refractivity contribution < 1.29 is 9.90 Å². The molecule has 0 bridgehead atoms. The zero-order valence-electron chi connectivity index (χ0n) is 10.8. The second kappa shape index (κ2) is 6.24. The number of carbonyl (C=O) groups is 1. The summed E-state index contributed by atoms with van der Waals surface area (Å²) in [5.74, 6) is 0.0556. The van der Waals surface area contributed by atoms with Gasteiger partial charge in [0.2, 0.25) is 0 Å².